The summed E-state index contributed by atoms with van der Waals surface area (Å²) in [5, 5.41) is 0. The molecule has 0 rings (SSSR count). The van der Waals surface area contributed by atoms with Gasteiger partial charge >= 0.3 is 9.28 Å². The molecule has 0 aromatic carbocycles. The monoisotopic (exact) mass is 273 g/mol. The van der Waals surface area contributed by atoms with Gasteiger partial charge in [-0.15, -0.1) is 0 Å². The highest BCUT2D eigenvalue weighted by Gasteiger charge is 2.23. The van der Waals surface area contributed by atoms with E-state index in [1.165, 1.54) is 0 Å². The predicted molar refractivity (Wildman–Crippen MR) is 75.9 cm³/mol. The van der Waals surface area contributed by atoms with Crippen molar-refractivity contribution in [1.29, 1.82) is 0 Å². The first-order valence-corrected chi connectivity index (χ1v) is 8.67. The number of hydrogen-bond donors (Lipinski definition) is 0. The highest BCUT2D eigenvalue weighted by atomic mass is 28.3. The number of nitrogens with zero attached hydrogens (tertiary/aromatic N) is 1. The van der Waals surface area contributed by atoms with Crippen LogP contribution in [0.5, 0.6) is 0 Å². The minimum absolute atomic E-state index is 0.597. The Morgan fingerprint density at radius 1 is 1.11 bits per heavy atom. The van der Waals surface area contributed by atoms with Gasteiger partial charge in [0.15, 0.2) is 0 Å². The van der Waals surface area contributed by atoms with Crippen LogP contribution in [0.25, 0.3) is 0 Å². The first kappa shape index (κ1) is 17.5. The number of carbonyl (C=O) groups excluding carboxylic acids is 1. The van der Waals surface area contributed by atoms with Gasteiger partial charge in [-0.3, -0.25) is 0 Å². The number of unbranched alkanes of at least 4 members (excludes halogenated alkanes) is 2. The Bertz CT molecular complexity index is 226. The zero-order valence-corrected chi connectivity index (χ0v) is 13.1. The van der Waals surface area contributed by atoms with Gasteiger partial charge in [-0.2, -0.15) is 0 Å². The molecule has 18 heavy (non-hydrogen) atoms. The minimum atomic E-state index is -1.50. The smallest absolute Gasteiger partial charge is 0.324 e. The molecular weight excluding hydrogens is 246 g/mol. The Labute approximate surface area is 113 Å². The van der Waals surface area contributed by atoms with Crippen molar-refractivity contribution < 1.29 is 13.6 Å². The summed E-state index contributed by atoms with van der Waals surface area (Å²) in [6, 6.07) is 0. The third-order valence-electron chi connectivity index (χ3n) is 2.98. The SMILES string of the molecule is CCO[SiH](OCC)C(CC)CCCCCN=C=O. The van der Waals surface area contributed by atoms with Crippen molar-refractivity contribution >= 4 is 15.4 Å². The van der Waals surface area contributed by atoms with Crippen LogP contribution in [0, 0.1) is 0 Å². The van der Waals surface area contributed by atoms with E-state index in [1.54, 1.807) is 6.08 Å². The lowest BCUT2D eigenvalue weighted by Crippen LogP contribution is -2.29. The topological polar surface area (TPSA) is 47.9 Å². The molecule has 0 aliphatic rings. The van der Waals surface area contributed by atoms with Crippen LogP contribution >= 0.6 is 0 Å². The lowest BCUT2D eigenvalue weighted by atomic mass is 10.1. The Kier molecular flexibility index (Phi) is 12.6. The second kappa shape index (κ2) is 13.0. The zero-order chi connectivity index (χ0) is 13.6. The van der Waals surface area contributed by atoms with E-state index in [-0.39, 0.29) is 0 Å². The van der Waals surface area contributed by atoms with Crippen molar-refractivity contribution in [2.45, 2.75) is 58.4 Å². The lowest BCUT2D eigenvalue weighted by Gasteiger charge is -2.23. The molecule has 4 nitrogen and oxygen atoms in total. The van der Waals surface area contributed by atoms with Crippen molar-refractivity contribution in [3.8, 4) is 0 Å². The van der Waals surface area contributed by atoms with Gasteiger partial charge in [0.2, 0.25) is 6.08 Å². The first-order valence-electron chi connectivity index (χ1n) is 7.06. The largest absolute Gasteiger partial charge is 0.397 e. The highest BCUT2D eigenvalue weighted by Crippen LogP contribution is 2.24. The molecule has 0 N–H and O–H groups in total. The minimum Gasteiger partial charge on any atom is -0.397 e. The number of aliphatic imine (C=N–C) groups is 1. The molecule has 0 amide bonds. The number of rotatable bonds is 12. The van der Waals surface area contributed by atoms with Crippen LogP contribution in [-0.2, 0) is 13.6 Å². The molecule has 0 aromatic heterocycles. The number of hydrogen-bond acceptors (Lipinski definition) is 4. The standard InChI is InChI=1S/C13H27NO3Si/c1-4-13(18(16-5-2)17-6-3)10-8-7-9-11-14-12-15/h13,18H,4-11H2,1-3H3. The maximum absolute atomic E-state index is 9.91. The summed E-state index contributed by atoms with van der Waals surface area (Å²) in [7, 11) is -1.50. The molecule has 5 heteroatoms. The van der Waals surface area contributed by atoms with E-state index < -0.39 is 9.28 Å². The molecule has 106 valence electrons. The fraction of sp³-hybridized carbons (Fsp3) is 0.923. The molecule has 0 bridgehead atoms. The lowest BCUT2D eigenvalue weighted by molar-refractivity contribution is 0.200. The molecule has 0 saturated carbocycles. The predicted octanol–water partition coefficient (Wildman–Crippen LogP) is 2.96. The second-order valence-corrected chi connectivity index (χ2v) is 6.62. The Morgan fingerprint density at radius 2 is 1.78 bits per heavy atom. The van der Waals surface area contributed by atoms with Crippen LogP contribution in [-0.4, -0.2) is 35.1 Å². The van der Waals surface area contributed by atoms with Crippen LogP contribution in [0.4, 0.5) is 0 Å². The van der Waals surface area contributed by atoms with Gasteiger partial charge in [0, 0.05) is 13.2 Å². The third-order valence-corrected chi connectivity index (χ3v) is 5.88. The third kappa shape index (κ3) is 8.58. The van der Waals surface area contributed by atoms with Crippen LogP contribution < -0.4 is 0 Å². The maximum Gasteiger partial charge on any atom is 0.324 e. The molecule has 0 aromatic rings. The molecule has 0 aliphatic carbocycles. The Hall–Kier alpha value is -0.483. The van der Waals surface area contributed by atoms with Crippen molar-refractivity contribution in [2.24, 2.45) is 4.99 Å². The summed E-state index contributed by atoms with van der Waals surface area (Å²) >= 11 is 0. The fourth-order valence-corrected chi connectivity index (χ4v) is 4.19. The van der Waals surface area contributed by atoms with E-state index in [0.29, 0.717) is 12.1 Å². The van der Waals surface area contributed by atoms with Gasteiger partial charge in [0.1, 0.15) is 0 Å². The summed E-state index contributed by atoms with van der Waals surface area (Å²) in [5.74, 6) is 0. The van der Waals surface area contributed by atoms with Gasteiger partial charge in [-0.05, 0) is 32.2 Å². The van der Waals surface area contributed by atoms with Crippen molar-refractivity contribution in [3.05, 3.63) is 0 Å². The average Bonchev–Trinajstić information content (AvgIpc) is 2.38. The molecule has 0 saturated heterocycles. The van der Waals surface area contributed by atoms with Gasteiger partial charge in [-0.1, -0.05) is 26.2 Å². The van der Waals surface area contributed by atoms with E-state index in [4.69, 9.17) is 8.85 Å². The quantitative estimate of drug-likeness (QED) is 0.238. The summed E-state index contributed by atoms with van der Waals surface area (Å²) in [6.07, 6.45) is 7.11. The Morgan fingerprint density at radius 3 is 2.28 bits per heavy atom. The number of isocyanates is 1. The summed E-state index contributed by atoms with van der Waals surface area (Å²) in [4.78, 5) is 13.5. The molecule has 0 fully saturated rings. The Balaban J connectivity index is 3.87. The molecule has 0 spiro atoms. The van der Waals surface area contributed by atoms with E-state index in [0.717, 1.165) is 45.3 Å². The van der Waals surface area contributed by atoms with Crippen LogP contribution in [0.1, 0.15) is 52.9 Å². The van der Waals surface area contributed by atoms with Crippen molar-refractivity contribution in [2.75, 3.05) is 19.8 Å². The van der Waals surface area contributed by atoms with E-state index in [9.17, 15) is 4.79 Å². The van der Waals surface area contributed by atoms with Crippen molar-refractivity contribution in [1.82, 2.24) is 0 Å². The zero-order valence-electron chi connectivity index (χ0n) is 12.0. The van der Waals surface area contributed by atoms with Gasteiger partial charge in [-0.25, -0.2) is 9.79 Å². The molecule has 1 unspecified atom stereocenters. The molecule has 0 aliphatic heterocycles. The summed E-state index contributed by atoms with van der Waals surface area (Å²) in [6.45, 7) is 8.38. The fourth-order valence-electron chi connectivity index (χ4n) is 2.00. The first-order chi connectivity index (χ1) is 8.79. The molecular formula is C13H27NO3Si. The van der Waals surface area contributed by atoms with Gasteiger partial charge in [0.25, 0.3) is 0 Å². The van der Waals surface area contributed by atoms with Gasteiger partial charge < -0.3 is 8.85 Å². The van der Waals surface area contributed by atoms with E-state index in [1.807, 2.05) is 13.8 Å². The average molecular weight is 273 g/mol. The summed E-state index contributed by atoms with van der Waals surface area (Å²) < 4.78 is 11.6. The second-order valence-electron chi connectivity index (χ2n) is 4.27. The van der Waals surface area contributed by atoms with E-state index in [2.05, 4.69) is 11.9 Å². The van der Waals surface area contributed by atoms with E-state index >= 15 is 0 Å². The molecule has 0 radical (unpaired) electrons. The normalized spacial score (nSPS) is 12.4. The highest BCUT2D eigenvalue weighted by molar-refractivity contribution is 6.46. The maximum atomic E-state index is 9.91. The molecule has 0 heterocycles. The summed E-state index contributed by atoms with van der Waals surface area (Å²) in [5.41, 5.74) is 0.597. The van der Waals surface area contributed by atoms with Crippen LogP contribution in [0.3, 0.4) is 0 Å². The van der Waals surface area contributed by atoms with Gasteiger partial charge in [0.05, 0.1) is 6.54 Å². The van der Waals surface area contributed by atoms with Crippen LogP contribution in [0.2, 0.25) is 5.54 Å². The van der Waals surface area contributed by atoms with Crippen LogP contribution in [0.15, 0.2) is 4.99 Å². The molecule has 1 atom stereocenters. The van der Waals surface area contributed by atoms with Crippen molar-refractivity contribution in [3.63, 3.8) is 0 Å².